The van der Waals surface area contributed by atoms with Gasteiger partial charge >= 0.3 is 0 Å². The summed E-state index contributed by atoms with van der Waals surface area (Å²) in [5.74, 6) is 3.96. The normalized spacial score (nSPS) is 22.0. The van der Waals surface area contributed by atoms with E-state index in [1.165, 1.54) is 36.8 Å². The molecule has 4 heteroatoms. The maximum atomic E-state index is 9.67. The van der Waals surface area contributed by atoms with Gasteiger partial charge in [0, 0.05) is 16.8 Å². The van der Waals surface area contributed by atoms with Gasteiger partial charge in [-0.2, -0.15) is 23.5 Å². The van der Waals surface area contributed by atoms with E-state index in [-0.39, 0.29) is 67.4 Å². The molecule has 0 aromatic heterocycles. The Morgan fingerprint density at radius 2 is 1.15 bits per heavy atom. The lowest BCUT2D eigenvalue weighted by Crippen LogP contribution is -2.45. The molecule has 1 aromatic rings. The smallest absolute Gasteiger partial charge is 0.0521 e. The van der Waals surface area contributed by atoms with Gasteiger partial charge in [0.1, 0.15) is 0 Å². The summed E-state index contributed by atoms with van der Waals surface area (Å²) < 4.78 is 0. The van der Waals surface area contributed by atoms with Crippen LogP contribution in [-0.4, -0.2) is 45.9 Å². The minimum atomic E-state index is -0.0333. The first kappa shape index (κ1) is 51.0. The van der Waals surface area contributed by atoms with Crippen molar-refractivity contribution in [3.8, 4) is 0 Å². The molecule has 2 rings (SSSR count). The van der Waals surface area contributed by atoms with E-state index in [4.69, 9.17) is 0 Å². The van der Waals surface area contributed by atoms with Crippen LogP contribution in [-0.2, 0) is 16.2 Å². The third-order valence-electron chi connectivity index (χ3n) is 16.3. The number of benzene rings is 1. The molecule has 0 radical (unpaired) electrons. The van der Waals surface area contributed by atoms with Crippen LogP contribution in [0.2, 0.25) is 0 Å². The molecule has 55 heavy (non-hydrogen) atoms. The summed E-state index contributed by atoms with van der Waals surface area (Å²) in [7, 11) is 0. The van der Waals surface area contributed by atoms with Crippen molar-refractivity contribution in [2.75, 3.05) is 30.5 Å². The largest absolute Gasteiger partial charge is 0.396 e. The second kappa shape index (κ2) is 17.4. The highest BCUT2D eigenvalue weighted by Crippen LogP contribution is 2.71. The van der Waals surface area contributed by atoms with Crippen LogP contribution in [0.4, 0.5) is 0 Å². The van der Waals surface area contributed by atoms with Gasteiger partial charge in [-0.05, 0) is 121 Å². The number of thioether (sulfide) groups is 2. The Bertz CT molecular complexity index is 1390. The standard InChI is InChI=1S/C51H94O2S2/c1-36(2)41(55-26-24-53)43(7,8)32-45(11,12)47(15,16)34-50(21)35-51(50,22)40-28-38(42(4,5)6)27-39(29-40)49(19,20)48(17,18)33-46(13,14)44(9,10)30-37(3)31-54-25-23-52/h27-29,36-37,41,52-53H,23-26,30-35H2,1-22H3. The lowest BCUT2D eigenvalue weighted by molar-refractivity contribution is 0.0103. The van der Waals surface area contributed by atoms with Gasteiger partial charge in [0.2, 0.25) is 0 Å². The first-order valence-corrected chi connectivity index (χ1v) is 24.3. The molecule has 2 nitrogen and oxygen atoms in total. The van der Waals surface area contributed by atoms with Crippen LogP contribution >= 0.6 is 23.5 Å². The Morgan fingerprint density at radius 1 is 0.636 bits per heavy atom. The van der Waals surface area contributed by atoms with Crippen LogP contribution in [0.1, 0.15) is 201 Å². The first-order valence-electron chi connectivity index (χ1n) is 22.1. The van der Waals surface area contributed by atoms with E-state index in [0.29, 0.717) is 17.1 Å². The van der Waals surface area contributed by atoms with E-state index in [9.17, 15) is 10.2 Å². The number of aliphatic hydroxyl groups excluding tert-OH is 2. The molecule has 1 aliphatic rings. The molecule has 0 aliphatic heterocycles. The van der Waals surface area contributed by atoms with Crippen LogP contribution in [0.15, 0.2) is 18.2 Å². The number of rotatable bonds is 22. The van der Waals surface area contributed by atoms with Crippen molar-refractivity contribution in [1.29, 1.82) is 0 Å². The molecule has 1 saturated carbocycles. The SMILES string of the molecule is CC(CSCCO)CC(C)(C)C(C)(C)CC(C)(C)C(C)(C)c1cc(C(C)(C)C)cc(C2(C)CC2(C)CC(C)(C)C(C)(C)CC(C)(C)C(SCCO)C(C)C)c1. The highest BCUT2D eigenvalue weighted by Gasteiger charge is 2.64. The molecule has 4 unspecified atom stereocenters. The summed E-state index contributed by atoms with van der Waals surface area (Å²) in [6.45, 7) is 55.3. The van der Waals surface area contributed by atoms with E-state index in [0.717, 1.165) is 23.7 Å². The van der Waals surface area contributed by atoms with Gasteiger partial charge in [-0.3, -0.25) is 0 Å². The summed E-state index contributed by atoms with van der Waals surface area (Å²) in [6.07, 6.45) is 5.96. The minimum absolute atomic E-state index is 0.0333. The summed E-state index contributed by atoms with van der Waals surface area (Å²) in [5, 5.41) is 19.5. The van der Waals surface area contributed by atoms with Crippen molar-refractivity contribution in [2.24, 2.45) is 49.7 Å². The van der Waals surface area contributed by atoms with Gasteiger partial charge in [0.15, 0.2) is 0 Å². The molecule has 322 valence electrons. The average Bonchev–Trinajstić information content (AvgIpc) is 3.54. The fourth-order valence-corrected chi connectivity index (χ4v) is 13.0. The molecule has 0 saturated heterocycles. The molecule has 0 spiro atoms. The molecule has 1 aliphatic carbocycles. The van der Waals surface area contributed by atoms with E-state index in [1.807, 2.05) is 23.5 Å². The van der Waals surface area contributed by atoms with Gasteiger partial charge < -0.3 is 10.2 Å². The molecule has 0 amide bonds. The Morgan fingerprint density at radius 3 is 1.64 bits per heavy atom. The molecule has 2 N–H and O–H groups in total. The lowest BCUT2D eigenvalue weighted by atomic mass is 9.53. The molecule has 1 aromatic carbocycles. The van der Waals surface area contributed by atoms with Crippen molar-refractivity contribution in [2.45, 2.75) is 206 Å². The Kier molecular flexibility index (Phi) is 16.2. The van der Waals surface area contributed by atoms with Gasteiger partial charge in [0.05, 0.1) is 13.2 Å². The molecule has 0 bridgehead atoms. The van der Waals surface area contributed by atoms with Crippen molar-refractivity contribution >= 4 is 23.5 Å². The highest BCUT2D eigenvalue weighted by molar-refractivity contribution is 8.00. The van der Waals surface area contributed by atoms with E-state index in [1.54, 1.807) is 5.56 Å². The Hall–Kier alpha value is -0.160. The van der Waals surface area contributed by atoms with Crippen LogP contribution in [0.5, 0.6) is 0 Å². The van der Waals surface area contributed by atoms with E-state index in [2.05, 4.69) is 171 Å². The molecular weight excluding hydrogens is 709 g/mol. The molecule has 0 heterocycles. The average molecular weight is 803 g/mol. The molecular formula is C51H94O2S2. The monoisotopic (exact) mass is 803 g/mol. The predicted molar refractivity (Wildman–Crippen MR) is 251 cm³/mol. The minimum Gasteiger partial charge on any atom is -0.396 e. The third-order valence-corrected chi connectivity index (χ3v) is 19.6. The summed E-state index contributed by atoms with van der Waals surface area (Å²) in [5.41, 5.74) is 5.76. The zero-order chi connectivity index (χ0) is 43.1. The van der Waals surface area contributed by atoms with Crippen LogP contribution < -0.4 is 0 Å². The zero-order valence-electron chi connectivity index (χ0n) is 40.7. The zero-order valence-corrected chi connectivity index (χ0v) is 42.4. The van der Waals surface area contributed by atoms with E-state index >= 15 is 0 Å². The first-order chi connectivity index (χ1) is 24.5. The summed E-state index contributed by atoms with van der Waals surface area (Å²) >= 11 is 3.86. The van der Waals surface area contributed by atoms with Crippen molar-refractivity contribution in [3.05, 3.63) is 34.9 Å². The lowest BCUT2D eigenvalue weighted by Gasteiger charge is -2.52. The van der Waals surface area contributed by atoms with Gasteiger partial charge in [-0.1, -0.05) is 171 Å². The Balaban J connectivity index is 2.51. The maximum absolute atomic E-state index is 9.67. The second-order valence-electron chi connectivity index (χ2n) is 25.0. The molecule has 4 atom stereocenters. The van der Waals surface area contributed by atoms with Gasteiger partial charge in [0.25, 0.3) is 0 Å². The number of hydrogen-bond donors (Lipinski definition) is 2. The fourth-order valence-electron chi connectivity index (χ4n) is 10.9. The number of aliphatic hydroxyl groups is 2. The van der Waals surface area contributed by atoms with Crippen LogP contribution in [0.25, 0.3) is 0 Å². The van der Waals surface area contributed by atoms with Crippen LogP contribution in [0, 0.1) is 49.7 Å². The summed E-state index contributed by atoms with van der Waals surface area (Å²) in [6, 6.07) is 7.81. The van der Waals surface area contributed by atoms with Gasteiger partial charge in [-0.15, -0.1) is 0 Å². The fraction of sp³-hybridized carbons (Fsp3) is 0.882. The van der Waals surface area contributed by atoms with Crippen molar-refractivity contribution < 1.29 is 10.2 Å². The third kappa shape index (κ3) is 11.6. The highest BCUT2D eigenvalue weighted by atomic mass is 32.2. The Labute approximate surface area is 353 Å². The second-order valence-corrected chi connectivity index (χ2v) is 27.4. The molecule has 1 fully saturated rings. The predicted octanol–water partition coefficient (Wildman–Crippen LogP) is 14.8. The maximum Gasteiger partial charge on any atom is 0.0521 e. The van der Waals surface area contributed by atoms with Crippen molar-refractivity contribution in [1.82, 2.24) is 0 Å². The number of hydrogen-bond acceptors (Lipinski definition) is 4. The summed E-state index contributed by atoms with van der Waals surface area (Å²) in [4.78, 5) is 0. The quantitative estimate of drug-likeness (QED) is 0.115. The van der Waals surface area contributed by atoms with Crippen molar-refractivity contribution in [3.63, 3.8) is 0 Å². The topological polar surface area (TPSA) is 40.5 Å². The van der Waals surface area contributed by atoms with E-state index < -0.39 is 0 Å². The van der Waals surface area contributed by atoms with Gasteiger partial charge in [-0.25, -0.2) is 0 Å². The van der Waals surface area contributed by atoms with Crippen LogP contribution in [0.3, 0.4) is 0 Å².